The van der Waals surface area contributed by atoms with Crippen molar-refractivity contribution in [3.05, 3.63) is 81.5 Å². The average molecular weight is 1450 g/mol. The molecule has 2 aliphatic heterocycles. The lowest BCUT2D eigenvalue weighted by molar-refractivity contribution is -0.148. The van der Waals surface area contributed by atoms with Gasteiger partial charge in [0.2, 0.25) is 76.2 Å². The topological polar surface area (TPSA) is 358 Å². The number of hydrogen-bond acceptors (Lipinski definition) is 15. The number of nitrogens with zero attached hydrogens (tertiary/aromatic N) is 7. The van der Waals surface area contributed by atoms with E-state index in [9.17, 15) is 75.4 Å². The molecule has 0 aliphatic carbocycles. The Bertz CT molecular complexity index is 3240. The fourth-order valence-electron chi connectivity index (χ4n) is 13.2. The molecule has 2 aromatic carbocycles. The Hall–Kier alpha value is -8.48. The lowest BCUT2D eigenvalue weighted by atomic mass is 9.89. The number of benzene rings is 2. The van der Waals surface area contributed by atoms with Gasteiger partial charge in [-0.3, -0.25) is 48.1 Å². The summed E-state index contributed by atoms with van der Waals surface area (Å²) in [7, 11) is 8.28. The van der Waals surface area contributed by atoms with Gasteiger partial charge in [0.1, 0.15) is 18.1 Å². The molecule has 27 nitrogen and oxygen atoms in total. The van der Waals surface area contributed by atoms with Crippen LogP contribution in [0.15, 0.2) is 41.5 Å². The van der Waals surface area contributed by atoms with Crippen LogP contribution in [0.3, 0.4) is 0 Å². The Kier molecular flexibility index (Phi) is 35.0. The van der Waals surface area contributed by atoms with Crippen molar-refractivity contribution in [3.63, 3.8) is 0 Å². The van der Waals surface area contributed by atoms with E-state index in [2.05, 4.69) is 46.7 Å². The molecule has 0 saturated carbocycles. The molecule has 2 fully saturated rings. The second-order valence-corrected chi connectivity index (χ2v) is 27.1. The number of hydrogen-bond donors (Lipinski definition) is 7. The molecule has 2 heterocycles. The second-order valence-electron chi connectivity index (χ2n) is 27.1. The molecule has 32 heteroatoms. The van der Waals surface area contributed by atoms with E-state index in [0.29, 0.717) is 44.2 Å². The molecule has 2 aromatic rings. The molecule has 0 bridgehead atoms. The summed E-state index contributed by atoms with van der Waals surface area (Å²) in [4.78, 5) is 146. The van der Waals surface area contributed by atoms with Crippen molar-refractivity contribution >= 4 is 64.9 Å². The number of carbonyl (C=O) groups excluding carboxylic acids is 10. The van der Waals surface area contributed by atoms with Crippen molar-refractivity contribution in [1.29, 1.82) is 0 Å². The molecule has 8 N–H and O–H groups in total. The highest BCUT2D eigenvalue weighted by Crippen LogP contribution is 2.33. The highest BCUT2D eigenvalue weighted by molar-refractivity contribution is 6.00. The Morgan fingerprint density at radius 3 is 1.88 bits per heavy atom. The Balaban J connectivity index is 1.43. The molecule has 2 saturated heterocycles. The van der Waals surface area contributed by atoms with E-state index in [1.165, 1.54) is 31.3 Å². The van der Waals surface area contributed by atoms with Gasteiger partial charge in [0.05, 0.1) is 48.6 Å². The molecule has 0 radical (unpaired) electrons. The molecule has 10 amide bonds. The number of esters is 1. The number of halogens is 5. The molecular weight excluding hydrogens is 1340 g/mol. The minimum atomic E-state index is -2.42. The largest absolute Gasteiger partial charge is 0.420 e. The predicted molar refractivity (Wildman–Crippen MR) is 370 cm³/mol. The van der Waals surface area contributed by atoms with Gasteiger partial charge in [-0.05, 0) is 99.5 Å². The number of carbonyl (C=O) groups is 10. The zero-order valence-electron chi connectivity index (χ0n) is 61.1. The third-order valence-electron chi connectivity index (χ3n) is 19.1. The highest BCUT2D eigenvalue weighted by Gasteiger charge is 2.44. The normalized spacial score (nSPS) is 17.1. The van der Waals surface area contributed by atoms with Gasteiger partial charge in [0, 0.05) is 83.5 Å². The third-order valence-corrected chi connectivity index (χ3v) is 19.1. The van der Waals surface area contributed by atoms with Crippen molar-refractivity contribution in [2.75, 3.05) is 73.4 Å². The number of nitrogens with one attached hydrogen (secondary N) is 6. The molecule has 0 aromatic heterocycles. The number of amides is 10. The minimum absolute atomic E-state index is 0.0251. The van der Waals surface area contributed by atoms with Crippen molar-refractivity contribution in [2.45, 2.75) is 194 Å². The summed E-state index contributed by atoms with van der Waals surface area (Å²) in [6, 6.07) is 0.0108. The zero-order valence-corrected chi connectivity index (χ0v) is 61.1. The number of ether oxygens (including phenoxy) is 3. The van der Waals surface area contributed by atoms with E-state index < -0.39 is 155 Å². The number of likely N-dealkylation sites (N-methyl/N-ethyl adjacent to an activating group) is 2. The van der Waals surface area contributed by atoms with Crippen LogP contribution >= 0.6 is 0 Å². The maximum Gasteiger partial charge on any atom is 0.314 e. The van der Waals surface area contributed by atoms with Crippen LogP contribution in [0.1, 0.15) is 139 Å². The number of primary amides is 1. The number of nitrogens with two attached hydrogens (primary N) is 1. The van der Waals surface area contributed by atoms with E-state index in [1.807, 2.05) is 60.5 Å². The Labute approximate surface area is 594 Å². The number of methoxy groups -OCH3 is 2. The van der Waals surface area contributed by atoms with Crippen molar-refractivity contribution in [1.82, 2.24) is 46.2 Å². The predicted octanol–water partition coefficient (Wildman–Crippen LogP) is 6.95. The smallest absolute Gasteiger partial charge is 0.314 e. The van der Waals surface area contributed by atoms with E-state index in [1.54, 1.807) is 61.9 Å². The van der Waals surface area contributed by atoms with Gasteiger partial charge >= 0.3 is 12.0 Å². The maximum atomic E-state index is 14.6. The summed E-state index contributed by atoms with van der Waals surface area (Å²) in [6.07, 6.45) is 3.32. The number of anilines is 1. The molecule has 2 unspecified atom stereocenters. The average Bonchev–Trinajstić information content (AvgIpc) is 0.989. The van der Waals surface area contributed by atoms with E-state index in [-0.39, 0.29) is 106 Å². The lowest BCUT2D eigenvalue weighted by Gasteiger charge is -2.41. The van der Waals surface area contributed by atoms with Crippen LogP contribution in [0.2, 0.25) is 0 Å². The van der Waals surface area contributed by atoms with Crippen LogP contribution in [-0.2, 0) is 59.0 Å². The Morgan fingerprint density at radius 2 is 1.34 bits per heavy atom. The SMILES string of the molecule is CCC(CC)[C@H](NC(=O)CCC(=O)N1CCC(C(=O)Oc2c(F)c(F)c(F)c(F)c2F)CC1)C(=O)NC(/C=C/CCNC(N)=O)C(=O)Nc1ccc(C[C@@H](CN=[N+]=[N-])NC(=O)[C@H](C)[C@@H](OC)[C@@H]2CCCN2C(=O)C[C@@H](OC)C([C@@H](C)CC)N(C)C(=O)[C@@H](NC(=O)[C@H](C(C)C)N(C)C)C(C)C)cc1. The number of azide groups is 1. The van der Waals surface area contributed by atoms with Gasteiger partial charge in [0.15, 0.2) is 0 Å². The van der Waals surface area contributed by atoms with Gasteiger partial charge in [-0.1, -0.05) is 111 Å². The quantitative estimate of drug-likeness (QED) is 0.00340. The molecule has 568 valence electrons. The van der Waals surface area contributed by atoms with Gasteiger partial charge < -0.3 is 66.5 Å². The zero-order chi connectivity index (χ0) is 76.4. The number of urea groups is 1. The highest BCUT2D eigenvalue weighted by atomic mass is 19.2. The molecular formula is C70H105F5N14O13. The molecule has 102 heavy (non-hydrogen) atoms. The fraction of sp³-hybridized carbons (Fsp3) is 0.657. The summed E-state index contributed by atoms with van der Waals surface area (Å²) < 4.78 is 86.1. The van der Waals surface area contributed by atoms with Crippen LogP contribution in [-0.4, -0.2) is 201 Å². The van der Waals surface area contributed by atoms with Crippen molar-refractivity contribution < 1.29 is 84.1 Å². The molecule has 4 rings (SSSR count). The number of piperidine rings is 1. The van der Waals surface area contributed by atoms with Crippen molar-refractivity contribution in [3.8, 4) is 5.75 Å². The van der Waals surface area contributed by atoms with Crippen LogP contribution in [0, 0.1) is 64.6 Å². The summed E-state index contributed by atoms with van der Waals surface area (Å²) in [5, 5.41) is 20.4. The summed E-state index contributed by atoms with van der Waals surface area (Å²) in [5.74, 6) is -21.3. The van der Waals surface area contributed by atoms with Gasteiger partial charge in [-0.25, -0.2) is 18.0 Å². The molecule has 2 aliphatic rings. The summed E-state index contributed by atoms with van der Waals surface area (Å²) in [6.45, 7) is 17.0. The Morgan fingerprint density at radius 1 is 0.725 bits per heavy atom. The first-order valence-corrected chi connectivity index (χ1v) is 34.8. The van der Waals surface area contributed by atoms with Crippen molar-refractivity contribution in [2.24, 2.45) is 46.4 Å². The summed E-state index contributed by atoms with van der Waals surface area (Å²) in [5.41, 5.74) is 15.6. The lowest BCUT2D eigenvalue weighted by Crippen LogP contribution is -2.59. The fourth-order valence-corrected chi connectivity index (χ4v) is 13.2. The summed E-state index contributed by atoms with van der Waals surface area (Å²) >= 11 is 0. The maximum absolute atomic E-state index is 14.6. The first-order chi connectivity index (χ1) is 48.2. The van der Waals surface area contributed by atoms with Gasteiger partial charge in [0.25, 0.3) is 5.91 Å². The van der Waals surface area contributed by atoms with E-state index >= 15 is 0 Å². The van der Waals surface area contributed by atoms with E-state index in [0.717, 1.165) is 0 Å². The molecule has 0 spiro atoms. The minimum Gasteiger partial charge on any atom is -0.420 e. The van der Waals surface area contributed by atoms with E-state index in [4.69, 9.17) is 15.2 Å². The van der Waals surface area contributed by atoms with Crippen LogP contribution < -0.4 is 42.4 Å². The van der Waals surface area contributed by atoms with Crippen LogP contribution in [0.5, 0.6) is 5.75 Å². The first kappa shape index (κ1) is 85.9. The third kappa shape index (κ3) is 24.1. The first-order valence-electron chi connectivity index (χ1n) is 34.8. The molecule has 11 atom stereocenters. The van der Waals surface area contributed by atoms with Crippen LogP contribution in [0.4, 0.5) is 32.4 Å². The van der Waals surface area contributed by atoms with Gasteiger partial charge in [-0.2, -0.15) is 8.78 Å². The second kappa shape index (κ2) is 41.6. The number of rotatable bonds is 39. The number of likely N-dealkylation sites (tertiary alicyclic amines) is 2. The standard InChI is InChI=1S/C70H105F5N14O13/c1-15-40(8)61(87(12)68(97)58(38(4)5)84-67(96)60(39(6)7)86(10)11)49(100-13)36-52(92)89-32-20-22-48(89)62(101-14)41(9)64(93)81-46(37-79-85-77)35-42-23-25-45(26-24-42)80-65(94)47(21-18-19-31-78-70(76)99)82-66(95)59(43(16-2)17-3)83-50(90)27-28-51(91)88-33-29-44(30-34-88)69(98)102-63-56(74)54(72)53(71)55(73)57(63)75/h18,21,23-26,38-41,43-44,46-49,58-62H,15-17,19-20,22,27-37H2,1-14H3,(H,80,94)(H,81,93)(H,82,95)(H,83,90)(H,84,96)(H3,76,78,99)/b21-18+/t40-,41+,46-,47?,48-,49+,58-,59-,60-,61?,62+/m0/s1. The monoisotopic (exact) mass is 1440 g/mol. The van der Waals surface area contributed by atoms with Crippen LogP contribution in [0.25, 0.3) is 10.4 Å². The van der Waals surface area contributed by atoms with Gasteiger partial charge in [-0.15, -0.1) is 0 Å².